The number of benzene rings is 1. The van der Waals surface area contributed by atoms with Crippen LogP contribution in [0.15, 0.2) is 41.1 Å². The molecule has 0 unspecified atom stereocenters. The third-order valence-electron chi connectivity index (χ3n) is 4.30. The van der Waals surface area contributed by atoms with E-state index in [1.807, 2.05) is 26.0 Å². The number of amides is 1. The number of ether oxygens (including phenoxy) is 1. The van der Waals surface area contributed by atoms with Gasteiger partial charge in [0.05, 0.1) is 18.4 Å². The second kappa shape index (κ2) is 7.80. The standard InChI is InChI=1S/C20H19ClN2O4/c1-11-7-15-14(10-26-17(15)8-12(11)2)9-18(24)27-13(3)20(25)23-16-5-4-6-22-19(16)21/h4-8,10,13H,9H2,1-3H3,(H,23,25)/t13-/m1/s1. The van der Waals surface area contributed by atoms with E-state index in [4.69, 9.17) is 20.8 Å². The van der Waals surface area contributed by atoms with Crippen LogP contribution in [0.3, 0.4) is 0 Å². The number of carbonyl (C=O) groups excluding carboxylic acids is 2. The highest BCUT2D eigenvalue weighted by atomic mass is 35.5. The maximum Gasteiger partial charge on any atom is 0.311 e. The molecule has 0 fully saturated rings. The molecule has 0 radical (unpaired) electrons. The fraction of sp³-hybridized carbons (Fsp3) is 0.250. The van der Waals surface area contributed by atoms with E-state index < -0.39 is 18.0 Å². The number of pyridine rings is 1. The van der Waals surface area contributed by atoms with Gasteiger partial charge in [-0.25, -0.2) is 4.98 Å². The lowest BCUT2D eigenvalue weighted by Gasteiger charge is -2.13. The second-order valence-corrected chi connectivity index (χ2v) is 6.69. The molecule has 0 aliphatic rings. The molecule has 1 aromatic carbocycles. The van der Waals surface area contributed by atoms with E-state index in [-0.39, 0.29) is 11.6 Å². The average Bonchev–Trinajstić information content (AvgIpc) is 2.98. The quantitative estimate of drug-likeness (QED) is 0.524. The summed E-state index contributed by atoms with van der Waals surface area (Å²) in [5.74, 6) is -1.00. The van der Waals surface area contributed by atoms with Crippen LogP contribution >= 0.6 is 11.6 Å². The van der Waals surface area contributed by atoms with Crippen molar-refractivity contribution in [3.8, 4) is 0 Å². The molecule has 2 aromatic heterocycles. The van der Waals surface area contributed by atoms with E-state index in [2.05, 4.69) is 10.3 Å². The molecule has 2 heterocycles. The molecule has 7 heteroatoms. The predicted octanol–water partition coefficient (Wildman–Crippen LogP) is 4.21. The summed E-state index contributed by atoms with van der Waals surface area (Å²) in [4.78, 5) is 28.3. The first-order chi connectivity index (χ1) is 12.8. The number of esters is 1. The lowest BCUT2D eigenvalue weighted by molar-refractivity contribution is -0.152. The Morgan fingerprint density at radius 1 is 1.30 bits per heavy atom. The van der Waals surface area contributed by atoms with Gasteiger partial charge < -0.3 is 14.5 Å². The molecule has 6 nitrogen and oxygen atoms in total. The van der Waals surface area contributed by atoms with E-state index >= 15 is 0 Å². The Morgan fingerprint density at radius 3 is 2.78 bits per heavy atom. The van der Waals surface area contributed by atoms with Crippen LogP contribution in [0.1, 0.15) is 23.6 Å². The van der Waals surface area contributed by atoms with Crippen LogP contribution in [0.2, 0.25) is 5.15 Å². The van der Waals surface area contributed by atoms with Crippen LogP contribution in [-0.2, 0) is 20.7 Å². The van der Waals surface area contributed by atoms with Crippen molar-refractivity contribution in [2.45, 2.75) is 33.3 Å². The van der Waals surface area contributed by atoms with Gasteiger partial charge >= 0.3 is 5.97 Å². The van der Waals surface area contributed by atoms with E-state index in [9.17, 15) is 9.59 Å². The van der Waals surface area contributed by atoms with Crippen molar-refractivity contribution < 1.29 is 18.7 Å². The number of nitrogens with zero attached hydrogens (tertiary/aromatic N) is 1. The molecule has 0 saturated carbocycles. The van der Waals surface area contributed by atoms with Crippen LogP contribution in [0.25, 0.3) is 11.0 Å². The monoisotopic (exact) mass is 386 g/mol. The lowest BCUT2D eigenvalue weighted by Crippen LogP contribution is -2.30. The zero-order valence-electron chi connectivity index (χ0n) is 15.2. The summed E-state index contributed by atoms with van der Waals surface area (Å²) < 4.78 is 10.8. The molecule has 0 aliphatic carbocycles. The average molecular weight is 387 g/mol. The molecule has 1 amide bonds. The number of halogens is 1. The highest BCUT2D eigenvalue weighted by Gasteiger charge is 2.20. The van der Waals surface area contributed by atoms with Crippen molar-refractivity contribution in [3.05, 3.63) is 58.6 Å². The molecule has 0 aliphatic heterocycles. The molecule has 1 atom stereocenters. The molecule has 140 valence electrons. The van der Waals surface area contributed by atoms with Crippen LogP contribution in [0.4, 0.5) is 5.69 Å². The number of aromatic nitrogens is 1. The molecule has 1 N–H and O–H groups in total. The molecule has 27 heavy (non-hydrogen) atoms. The van der Waals surface area contributed by atoms with E-state index in [1.54, 1.807) is 18.4 Å². The van der Waals surface area contributed by atoms with Crippen LogP contribution < -0.4 is 5.32 Å². The first-order valence-electron chi connectivity index (χ1n) is 8.43. The van der Waals surface area contributed by atoms with Crippen LogP contribution in [-0.4, -0.2) is 23.0 Å². The molecular weight excluding hydrogens is 368 g/mol. The Hall–Kier alpha value is -2.86. The second-order valence-electron chi connectivity index (χ2n) is 6.33. The van der Waals surface area contributed by atoms with Crippen molar-refractivity contribution in [3.63, 3.8) is 0 Å². The molecule has 0 saturated heterocycles. The smallest absolute Gasteiger partial charge is 0.311 e. The zero-order valence-corrected chi connectivity index (χ0v) is 16.0. The topological polar surface area (TPSA) is 81.4 Å². The van der Waals surface area contributed by atoms with Gasteiger partial charge in [-0.15, -0.1) is 0 Å². The largest absolute Gasteiger partial charge is 0.464 e. The number of nitrogens with one attached hydrogen (secondary N) is 1. The number of hydrogen-bond donors (Lipinski definition) is 1. The summed E-state index contributed by atoms with van der Waals surface area (Å²) in [5, 5.41) is 3.62. The van der Waals surface area contributed by atoms with E-state index in [0.717, 1.165) is 27.7 Å². The number of furan rings is 1. The third-order valence-corrected chi connectivity index (χ3v) is 4.60. The maximum absolute atomic E-state index is 12.3. The van der Waals surface area contributed by atoms with Gasteiger partial charge in [0.25, 0.3) is 5.91 Å². The van der Waals surface area contributed by atoms with Gasteiger partial charge in [0.1, 0.15) is 5.58 Å². The molecular formula is C20H19ClN2O4. The SMILES string of the molecule is Cc1cc2occ(CC(=O)O[C@H](C)C(=O)Nc3cccnc3Cl)c2cc1C. The van der Waals surface area contributed by atoms with E-state index in [0.29, 0.717) is 5.69 Å². The van der Waals surface area contributed by atoms with Gasteiger partial charge in [-0.1, -0.05) is 11.6 Å². The zero-order chi connectivity index (χ0) is 19.6. The highest BCUT2D eigenvalue weighted by Crippen LogP contribution is 2.25. The fourth-order valence-corrected chi connectivity index (χ4v) is 2.80. The Balaban J connectivity index is 1.64. The maximum atomic E-state index is 12.3. The first kappa shape index (κ1) is 18.9. The number of aryl methyl sites for hydroxylation is 2. The minimum absolute atomic E-state index is 0.0147. The lowest BCUT2D eigenvalue weighted by atomic mass is 10.0. The van der Waals surface area contributed by atoms with Crippen molar-refractivity contribution in [2.75, 3.05) is 5.32 Å². The number of anilines is 1. The van der Waals surface area contributed by atoms with Gasteiger partial charge in [-0.3, -0.25) is 9.59 Å². The molecule has 0 spiro atoms. The Labute approximate surface area is 161 Å². The van der Waals surface area contributed by atoms with Crippen molar-refractivity contribution in [1.82, 2.24) is 4.98 Å². The summed E-state index contributed by atoms with van der Waals surface area (Å²) in [7, 11) is 0. The number of fused-ring (bicyclic) bond motifs is 1. The summed E-state index contributed by atoms with van der Waals surface area (Å²) in [6, 6.07) is 7.18. The summed E-state index contributed by atoms with van der Waals surface area (Å²) >= 11 is 5.91. The predicted molar refractivity (Wildman–Crippen MR) is 103 cm³/mol. The van der Waals surface area contributed by atoms with Crippen LogP contribution in [0, 0.1) is 13.8 Å². The minimum Gasteiger partial charge on any atom is -0.464 e. The Kier molecular flexibility index (Phi) is 5.46. The third kappa shape index (κ3) is 4.28. The van der Waals surface area contributed by atoms with Gasteiger partial charge in [-0.05, 0) is 56.2 Å². The Bertz CT molecular complexity index is 1010. The highest BCUT2D eigenvalue weighted by molar-refractivity contribution is 6.32. The number of carbonyl (C=O) groups is 2. The number of hydrogen-bond acceptors (Lipinski definition) is 5. The normalized spacial score (nSPS) is 12.0. The van der Waals surface area contributed by atoms with Crippen molar-refractivity contribution in [2.24, 2.45) is 0 Å². The molecule has 3 rings (SSSR count). The number of rotatable bonds is 5. The van der Waals surface area contributed by atoms with E-state index in [1.165, 1.54) is 13.1 Å². The molecule has 0 bridgehead atoms. The summed E-state index contributed by atoms with van der Waals surface area (Å²) in [5.41, 5.74) is 4.03. The first-order valence-corrected chi connectivity index (χ1v) is 8.81. The molecule has 3 aromatic rings. The van der Waals surface area contributed by atoms with Gasteiger partial charge in [0, 0.05) is 17.1 Å². The van der Waals surface area contributed by atoms with Gasteiger partial charge in [0.2, 0.25) is 0 Å². The van der Waals surface area contributed by atoms with Gasteiger partial charge in [0.15, 0.2) is 11.3 Å². The minimum atomic E-state index is -0.976. The van der Waals surface area contributed by atoms with Crippen molar-refractivity contribution in [1.29, 1.82) is 0 Å². The van der Waals surface area contributed by atoms with Crippen LogP contribution in [0.5, 0.6) is 0 Å². The van der Waals surface area contributed by atoms with Gasteiger partial charge in [-0.2, -0.15) is 0 Å². The summed E-state index contributed by atoms with van der Waals surface area (Å²) in [6.45, 7) is 5.50. The van der Waals surface area contributed by atoms with Crippen molar-refractivity contribution >= 4 is 40.1 Å². The summed E-state index contributed by atoms with van der Waals surface area (Å²) in [6.07, 6.45) is 2.10. The fourth-order valence-electron chi connectivity index (χ4n) is 2.63. The Morgan fingerprint density at radius 2 is 2.04 bits per heavy atom.